The predicted molar refractivity (Wildman–Crippen MR) is 100.0 cm³/mol. The molecule has 24 heavy (non-hydrogen) atoms. The highest BCUT2D eigenvalue weighted by Crippen LogP contribution is 2.29. The van der Waals surface area contributed by atoms with Gasteiger partial charge in [-0.25, -0.2) is 9.97 Å². The second-order valence-electron chi connectivity index (χ2n) is 5.38. The summed E-state index contributed by atoms with van der Waals surface area (Å²) in [5.74, 6) is 0.722. The third-order valence-electron chi connectivity index (χ3n) is 3.91. The Bertz CT molecular complexity index is 983. The fourth-order valence-electron chi connectivity index (χ4n) is 2.68. The van der Waals surface area contributed by atoms with Crippen molar-refractivity contribution >= 4 is 22.7 Å². The Balaban J connectivity index is 1.95. The zero-order chi connectivity index (χ0) is 16.4. The van der Waals surface area contributed by atoms with Gasteiger partial charge in [-0.15, -0.1) is 11.8 Å². The molecular formula is C20H15N3S. The van der Waals surface area contributed by atoms with Gasteiger partial charge in [0.25, 0.3) is 0 Å². The summed E-state index contributed by atoms with van der Waals surface area (Å²) in [6.07, 6.45) is 5.61. The Kier molecular flexibility index (Phi) is 3.97. The Morgan fingerprint density at radius 3 is 2.25 bits per heavy atom. The van der Waals surface area contributed by atoms with Gasteiger partial charge in [0.1, 0.15) is 0 Å². The Morgan fingerprint density at radius 1 is 0.750 bits per heavy atom. The molecule has 3 nitrogen and oxygen atoms in total. The van der Waals surface area contributed by atoms with Gasteiger partial charge in [0.05, 0.1) is 11.2 Å². The van der Waals surface area contributed by atoms with Crippen molar-refractivity contribution in [3.8, 4) is 22.6 Å². The molecular weight excluding hydrogens is 314 g/mol. The van der Waals surface area contributed by atoms with Gasteiger partial charge < -0.3 is 0 Å². The number of pyridine rings is 1. The van der Waals surface area contributed by atoms with E-state index in [0.717, 1.165) is 33.5 Å². The van der Waals surface area contributed by atoms with Crippen LogP contribution < -0.4 is 0 Å². The molecule has 0 bridgehead atoms. The number of thioether (sulfide) groups is 1. The molecule has 0 N–H and O–H groups in total. The number of fused-ring (bicyclic) bond motifs is 1. The lowest BCUT2D eigenvalue weighted by atomic mass is 10.1. The van der Waals surface area contributed by atoms with E-state index < -0.39 is 0 Å². The van der Waals surface area contributed by atoms with Crippen molar-refractivity contribution in [2.75, 3.05) is 6.26 Å². The molecule has 2 aromatic carbocycles. The van der Waals surface area contributed by atoms with Gasteiger partial charge in [-0.05, 0) is 36.6 Å². The molecule has 0 aliphatic rings. The van der Waals surface area contributed by atoms with Gasteiger partial charge >= 0.3 is 0 Å². The standard InChI is InChI=1S/C20H15N3S/c1-24-16-8-6-14(7-9-16)19-17-4-2-3-5-18(17)22-20(23-19)15-10-12-21-13-11-15/h2-13H,1H3. The van der Waals surface area contributed by atoms with Crippen molar-refractivity contribution in [1.82, 2.24) is 15.0 Å². The van der Waals surface area contributed by atoms with E-state index in [1.54, 1.807) is 24.2 Å². The molecule has 2 heterocycles. The van der Waals surface area contributed by atoms with Crippen LogP contribution in [-0.2, 0) is 0 Å². The van der Waals surface area contributed by atoms with E-state index >= 15 is 0 Å². The van der Waals surface area contributed by atoms with Crippen molar-refractivity contribution in [1.29, 1.82) is 0 Å². The second-order valence-corrected chi connectivity index (χ2v) is 6.26. The maximum absolute atomic E-state index is 4.85. The molecule has 0 saturated carbocycles. The highest BCUT2D eigenvalue weighted by Gasteiger charge is 2.11. The molecule has 0 saturated heterocycles. The minimum atomic E-state index is 0.722. The van der Waals surface area contributed by atoms with Crippen LogP contribution in [0.25, 0.3) is 33.5 Å². The van der Waals surface area contributed by atoms with E-state index in [9.17, 15) is 0 Å². The van der Waals surface area contributed by atoms with Crippen LogP contribution in [0, 0.1) is 0 Å². The minimum Gasteiger partial charge on any atom is -0.265 e. The van der Waals surface area contributed by atoms with Crippen molar-refractivity contribution in [3.63, 3.8) is 0 Å². The number of nitrogens with zero attached hydrogens (tertiary/aromatic N) is 3. The molecule has 0 aliphatic heterocycles. The molecule has 0 atom stereocenters. The first-order chi connectivity index (χ1) is 11.8. The highest BCUT2D eigenvalue weighted by molar-refractivity contribution is 7.98. The van der Waals surface area contributed by atoms with Gasteiger partial charge in [-0.2, -0.15) is 0 Å². The normalized spacial score (nSPS) is 10.9. The summed E-state index contributed by atoms with van der Waals surface area (Å²) in [7, 11) is 0. The second kappa shape index (κ2) is 6.42. The maximum Gasteiger partial charge on any atom is 0.160 e. The van der Waals surface area contributed by atoms with Gasteiger partial charge in [0, 0.05) is 33.8 Å². The molecule has 0 aliphatic carbocycles. The van der Waals surface area contributed by atoms with Crippen LogP contribution >= 0.6 is 11.8 Å². The van der Waals surface area contributed by atoms with Crippen LogP contribution in [0.3, 0.4) is 0 Å². The number of aromatic nitrogens is 3. The summed E-state index contributed by atoms with van der Waals surface area (Å²) >= 11 is 1.74. The van der Waals surface area contributed by atoms with E-state index in [2.05, 4.69) is 41.6 Å². The third kappa shape index (κ3) is 2.76. The van der Waals surface area contributed by atoms with E-state index in [4.69, 9.17) is 9.97 Å². The quantitative estimate of drug-likeness (QED) is 0.491. The van der Waals surface area contributed by atoms with Crippen molar-refractivity contribution in [3.05, 3.63) is 73.1 Å². The predicted octanol–water partition coefficient (Wildman–Crippen LogP) is 5.08. The fourth-order valence-corrected chi connectivity index (χ4v) is 3.08. The molecule has 4 heteroatoms. The van der Waals surface area contributed by atoms with Crippen LogP contribution in [0.5, 0.6) is 0 Å². The van der Waals surface area contributed by atoms with Crippen molar-refractivity contribution < 1.29 is 0 Å². The Labute approximate surface area is 144 Å². The minimum absolute atomic E-state index is 0.722. The van der Waals surface area contributed by atoms with Crippen molar-refractivity contribution in [2.45, 2.75) is 4.90 Å². The Hall–Kier alpha value is -2.72. The largest absolute Gasteiger partial charge is 0.265 e. The molecule has 0 spiro atoms. The SMILES string of the molecule is CSc1ccc(-c2nc(-c3ccncc3)nc3ccccc23)cc1. The number of hydrogen-bond acceptors (Lipinski definition) is 4. The lowest BCUT2D eigenvalue weighted by molar-refractivity contribution is 1.21. The average molecular weight is 329 g/mol. The first-order valence-electron chi connectivity index (χ1n) is 7.67. The van der Waals surface area contributed by atoms with E-state index in [1.807, 2.05) is 30.3 Å². The molecule has 0 unspecified atom stereocenters. The van der Waals surface area contributed by atoms with Crippen LogP contribution in [0.1, 0.15) is 0 Å². The lowest BCUT2D eigenvalue weighted by Crippen LogP contribution is -1.95. The number of hydrogen-bond donors (Lipinski definition) is 0. The molecule has 0 amide bonds. The first-order valence-corrected chi connectivity index (χ1v) is 8.89. The average Bonchev–Trinajstić information content (AvgIpc) is 2.68. The molecule has 2 aromatic heterocycles. The van der Waals surface area contributed by atoms with Crippen molar-refractivity contribution in [2.24, 2.45) is 0 Å². The zero-order valence-corrected chi connectivity index (χ0v) is 14.0. The van der Waals surface area contributed by atoms with Gasteiger partial charge in [-0.1, -0.05) is 30.3 Å². The molecule has 4 rings (SSSR count). The fraction of sp³-hybridized carbons (Fsp3) is 0.0500. The highest BCUT2D eigenvalue weighted by atomic mass is 32.2. The van der Waals surface area contributed by atoms with E-state index in [1.165, 1.54) is 4.90 Å². The van der Waals surface area contributed by atoms with Gasteiger partial charge in [-0.3, -0.25) is 4.98 Å². The van der Waals surface area contributed by atoms with Crippen LogP contribution in [0.4, 0.5) is 0 Å². The maximum atomic E-state index is 4.85. The summed E-state index contributed by atoms with van der Waals surface area (Å²) in [5, 5.41) is 1.06. The zero-order valence-electron chi connectivity index (χ0n) is 13.2. The Morgan fingerprint density at radius 2 is 1.50 bits per heavy atom. The topological polar surface area (TPSA) is 38.7 Å². The van der Waals surface area contributed by atoms with E-state index in [0.29, 0.717) is 0 Å². The van der Waals surface area contributed by atoms with Crippen LogP contribution in [0.15, 0.2) is 78.0 Å². The first kappa shape index (κ1) is 14.8. The third-order valence-corrected chi connectivity index (χ3v) is 4.65. The summed E-state index contributed by atoms with van der Waals surface area (Å²) in [6, 6.07) is 20.5. The molecule has 0 fully saturated rings. The molecule has 116 valence electrons. The molecule has 0 radical (unpaired) electrons. The van der Waals surface area contributed by atoms with Crippen LogP contribution in [-0.4, -0.2) is 21.2 Å². The summed E-state index contributed by atoms with van der Waals surface area (Å²) in [6.45, 7) is 0. The van der Waals surface area contributed by atoms with E-state index in [-0.39, 0.29) is 0 Å². The van der Waals surface area contributed by atoms with Gasteiger partial charge in [0.15, 0.2) is 5.82 Å². The number of para-hydroxylation sites is 1. The monoisotopic (exact) mass is 329 g/mol. The molecule has 4 aromatic rings. The van der Waals surface area contributed by atoms with Crippen LogP contribution in [0.2, 0.25) is 0 Å². The number of rotatable bonds is 3. The lowest BCUT2D eigenvalue weighted by Gasteiger charge is -2.09. The number of benzene rings is 2. The summed E-state index contributed by atoms with van der Waals surface area (Å²) in [4.78, 5) is 14.9. The smallest absolute Gasteiger partial charge is 0.160 e. The summed E-state index contributed by atoms with van der Waals surface area (Å²) < 4.78 is 0. The summed E-state index contributed by atoms with van der Waals surface area (Å²) in [5.41, 5.74) is 3.97. The van der Waals surface area contributed by atoms with Gasteiger partial charge in [0.2, 0.25) is 0 Å².